The number of nitrogens with one attached hydrogen (secondary N) is 1. The Balaban J connectivity index is 1.89. The summed E-state index contributed by atoms with van der Waals surface area (Å²) in [5, 5.41) is 16.0. The molecule has 1 aromatic rings. The molecule has 2 rings (SSSR count). The summed E-state index contributed by atoms with van der Waals surface area (Å²) in [5.41, 5.74) is 0.983. The second kappa shape index (κ2) is 4.80. The first-order chi connectivity index (χ1) is 7.38. The fourth-order valence-corrected chi connectivity index (χ4v) is 1.67. The molecule has 1 aromatic heterocycles. The molecule has 1 saturated heterocycles. The van der Waals surface area contributed by atoms with Crippen LogP contribution in [0.1, 0.15) is 12.8 Å². The maximum absolute atomic E-state index is 8.50. The Bertz CT molecular complexity index is 349. The van der Waals surface area contributed by atoms with Gasteiger partial charge in [-0.2, -0.15) is 10.4 Å². The average Bonchev–Trinajstić information content (AvgIpc) is 2.68. The van der Waals surface area contributed by atoms with Crippen LogP contribution in [0.2, 0.25) is 0 Å². The molecule has 0 aliphatic carbocycles. The summed E-state index contributed by atoms with van der Waals surface area (Å²) in [6.45, 7) is 1.95. The van der Waals surface area contributed by atoms with Crippen LogP contribution in [-0.4, -0.2) is 29.0 Å². The molecular weight excluding hydrogens is 192 g/mol. The van der Waals surface area contributed by atoms with Gasteiger partial charge >= 0.3 is 0 Å². The van der Waals surface area contributed by atoms with Gasteiger partial charge in [0.05, 0.1) is 18.0 Å². The second-order valence-electron chi connectivity index (χ2n) is 3.62. The lowest BCUT2D eigenvalue weighted by atomic mass is 10.1. The van der Waals surface area contributed by atoms with Gasteiger partial charge in [-0.3, -0.25) is 4.68 Å². The second-order valence-corrected chi connectivity index (χ2v) is 3.62. The average molecular weight is 206 g/mol. The highest BCUT2D eigenvalue weighted by molar-refractivity contribution is 5.39. The molecule has 5 nitrogen and oxygen atoms in total. The maximum Gasteiger partial charge on any atom is 0.128 e. The minimum absolute atomic E-state index is 0.301. The van der Waals surface area contributed by atoms with Gasteiger partial charge in [0.1, 0.15) is 6.54 Å². The van der Waals surface area contributed by atoms with Crippen molar-refractivity contribution in [2.45, 2.75) is 25.4 Å². The Hall–Kier alpha value is -1.54. The Morgan fingerprint density at radius 1 is 1.60 bits per heavy atom. The number of ether oxygens (including phenoxy) is 1. The zero-order valence-electron chi connectivity index (χ0n) is 8.52. The molecule has 15 heavy (non-hydrogen) atoms. The number of anilines is 1. The van der Waals surface area contributed by atoms with E-state index in [2.05, 4.69) is 16.5 Å². The smallest absolute Gasteiger partial charge is 0.128 e. The SMILES string of the molecule is N#CCn1cc(NC2CCOCC2)cn1. The van der Waals surface area contributed by atoms with Crippen LogP contribution < -0.4 is 5.32 Å². The Labute approximate surface area is 88.6 Å². The van der Waals surface area contributed by atoms with Crippen LogP contribution in [0.4, 0.5) is 5.69 Å². The molecule has 0 atom stereocenters. The van der Waals surface area contributed by atoms with E-state index in [1.807, 2.05) is 6.20 Å². The third-order valence-corrected chi connectivity index (χ3v) is 2.46. The summed E-state index contributed by atoms with van der Waals surface area (Å²) >= 11 is 0. The molecule has 1 N–H and O–H groups in total. The van der Waals surface area contributed by atoms with Gasteiger partial charge in [-0.15, -0.1) is 0 Å². The van der Waals surface area contributed by atoms with Gasteiger partial charge in [0.25, 0.3) is 0 Å². The minimum atomic E-state index is 0.301. The third-order valence-electron chi connectivity index (χ3n) is 2.46. The molecule has 5 heteroatoms. The highest BCUT2D eigenvalue weighted by atomic mass is 16.5. The first-order valence-corrected chi connectivity index (χ1v) is 5.12. The lowest BCUT2D eigenvalue weighted by molar-refractivity contribution is 0.0904. The monoisotopic (exact) mass is 206 g/mol. The van der Waals surface area contributed by atoms with Crippen molar-refractivity contribution >= 4 is 5.69 Å². The normalized spacial score (nSPS) is 17.3. The summed E-state index contributed by atoms with van der Waals surface area (Å²) in [7, 11) is 0. The predicted molar refractivity (Wildman–Crippen MR) is 55.3 cm³/mol. The maximum atomic E-state index is 8.50. The van der Waals surface area contributed by atoms with Crippen LogP contribution in [-0.2, 0) is 11.3 Å². The van der Waals surface area contributed by atoms with E-state index in [9.17, 15) is 0 Å². The number of aromatic nitrogens is 2. The Morgan fingerprint density at radius 3 is 3.13 bits per heavy atom. The van der Waals surface area contributed by atoms with Crippen LogP contribution in [0, 0.1) is 11.3 Å². The first kappa shape index (κ1) is 9.99. The molecule has 0 unspecified atom stereocenters. The molecular formula is C10H14N4O. The van der Waals surface area contributed by atoms with Crippen molar-refractivity contribution in [3.05, 3.63) is 12.4 Å². The van der Waals surface area contributed by atoms with Crippen molar-refractivity contribution in [1.29, 1.82) is 5.26 Å². The van der Waals surface area contributed by atoms with E-state index in [1.165, 1.54) is 0 Å². The number of hydrogen-bond acceptors (Lipinski definition) is 4. The molecule has 0 bridgehead atoms. The first-order valence-electron chi connectivity index (χ1n) is 5.12. The van der Waals surface area contributed by atoms with Gasteiger partial charge in [0, 0.05) is 25.5 Å². The van der Waals surface area contributed by atoms with Crippen LogP contribution in [0.5, 0.6) is 0 Å². The number of nitriles is 1. The van der Waals surface area contributed by atoms with Gasteiger partial charge in [0.2, 0.25) is 0 Å². The molecule has 1 fully saturated rings. The van der Waals surface area contributed by atoms with E-state index in [1.54, 1.807) is 10.9 Å². The Morgan fingerprint density at radius 2 is 2.40 bits per heavy atom. The summed E-state index contributed by atoms with van der Waals surface area (Å²) in [4.78, 5) is 0. The number of hydrogen-bond donors (Lipinski definition) is 1. The van der Waals surface area contributed by atoms with Crippen molar-refractivity contribution in [3.8, 4) is 6.07 Å². The highest BCUT2D eigenvalue weighted by Gasteiger charge is 2.13. The van der Waals surface area contributed by atoms with Gasteiger partial charge in [-0.1, -0.05) is 0 Å². The molecule has 80 valence electrons. The van der Waals surface area contributed by atoms with Crippen LogP contribution in [0.3, 0.4) is 0 Å². The molecule has 0 saturated carbocycles. The lowest BCUT2D eigenvalue weighted by Crippen LogP contribution is -2.27. The fraction of sp³-hybridized carbons (Fsp3) is 0.600. The summed E-state index contributed by atoms with van der Waals surface area (Å²) < 4.78 is 6.90. The fourth-order valence-electron chi connectivity index (χ4n) is 1.67. The molecule has 1 aliphatic heterocycles. The van der Waals surface area contributed by atoms with Crippen molar-refractivity contribution < 1.29 is 4.74 Å². The van der Waals surface area contributed by atoms with Gasteiger partial charge in [0.15, 0.2) is 0 Å². The third kappa shape index (κ3) is 2.70. The van der Waals surface area contributed by atoms with Crippen molar-refractivity contribution in [2.24, 2.45) is 0 Å². The standard InChI is InChI=1S/C10H14N4O/c11-3-4-14-8-10(7-12-14)13-9-1-5-15-6-2-9/h7-9,13H,1-2,4-6H2. The zero-order chi connectivity index (χ0) is 10.5. The van der Waals surface area contributed by atoms with Crippen LogP contribution >= 0.6 is 0 Å². The van der Waals surface area contributed by atoms with Crippen molar-refractivity contribution in [3.63, 3.8) is 0 Å². The molecule has 0 amide bonds. The van der Waals surface area contributed by atoms with E-state index in [0.29, 0.717) is 12.6 Å². The van der Waals surface area contributed by atoms with Crippen molar-refractivity contribution in [2.75, 3.05) is 18.5 Å². The van der Waals surface area contributed by atoms with Gasteiger partial charge in [-0.25, -0.2) is 0 Å². The molecule has 0 aromatic carbocycles. The topological polar surface area (TPSA) is 62.9 Å². The molecule has 0 radical (unpaired) electrons. The molecule has 2 heterocycles. The quantitative estimate of drug-likeness (QED) is 0.801. The van der Waals surface area contributed by atoms with Crippen LogP contribution in [0.25, 0.3) is 0 Å². The van der Waals surface area contributed by atoms with E-state index in [4.69, 9.17) is 10.00 Å². The number of nitrogens with zero attached hydrogens (tertiary/aromatic N) is 3. The lowest BCUT2D eigenvalue weighted by Gasteiger charge is -2.23. The van der Waals surface area contributed by atoms with E-state index in [0.717, 1.165) is 31.7 Å². The number of rotatable bonds is 3. The van der Waals surface area contributed by atoms with Gasteiger partial charge < -0.3 is 10.1 Å². The summed E-state index contributed by atoms with van der Waals surface area (Å²) in [5.74, 6) is 0. The van der Waals surface area contributed by atoms with E-state index >= 15 is 0 Å². The zero-order valence-corrected chi connectivity index (χ0v) is 8.52. The summed E-state index contributed by atoms with van der Waals surface area (Å²) in [6, 6.07) is 2.52. The largest absolute Gasteiger partial charge is 0.381 e. The molecule has 0 spiro atoms. The Kier molecular flexibility index (Phi) is 3.20. The van der Waals surface area contributed by atoms with Crippen molar-refractivity contribution in [1.82, 2.24) is 9.78 Å². The predicted octanol–water partition coefficient (Wildman–Crippen LogP) is 0.998. The van der Waals surface area contributed by atoms with E-state index < -0.39 is 0 Å². The summed E-state index contributed by atoms with van der Waals surface area (Å²) in [6.07, 6.45) is 5.68. The van der Waals surface area contributed by atoms with E-state index in [-0.39, 0.29) is 0 Å². The van der Waals surface area contributed by atoms with Gasteiger partial charge in [-0.05, 0) is 12.8 Å². The minimum Gasteiger partial charge on any atom is -0.381 e. The molecule has 1 aliphatic rings. The highest BCUT2D eigenvalue weighted by Crippen LogP contribution is 2.13. The van der Waals surface area contributed by atoms with Crippen LogP contribution in [0.15, 0.2) is 12.4 Å².